The maximum atomic E-state index is 14.2. The first-order valence-corrected chi connectivity index (χ1v) is 21.0. The van der Waals surface area contributed by atoms with E-state index >= 15 is 0 Å². The highest BCUT2D eigenvalue weighted by atomic mass is 32.2. The molecule has 4 aromatic carbocycles. The molecule has 2 aliphatic rings. The second kappa shape index (κ2) is 17.8. The van der Waals surface area contributed by atoms with Crippen LogP contribution in [0.5, 0.6) is 5.75 Å². The highest BCUT2D eigenvalue weighted by Crippen LogP contribution is 2.36. The molecule has 0 aliphatic carbocycles. The molecule has 2 aliphatic heterocycles. The third-order valence-corrected chi connectivity index (χ3v) is 12.8. The van der Waals surface area contributed by atoms with E-state index in [2.05, 4.69) is 17.3 Å². The van der Waals surface area contributed by atoms with Crippen LogP contribution in [0.25, 0.3) is 17.2 Å². The Morgan fingerprint density at radius 3 is 2.30 bits per heavy atom. The molecule has 0 saturated carbocycles. The number of ether oxygens (including phenoxy) is 3. The van der Waals surface area contributed by atoms with Crippen molar-refractivity contribution >= 4 is 37.6 Å². The van der Waals surface area contributed by atoms with Crippen molar-refractivity contribution < 1.29 is 40.0 Å². The standard InChI is InChI=1S/C41H46N2O9S2/c1-3-21-49-24-25-51-37-16-11-31(12-17-37)32-13-18-39-33(26-32)27-34(28-40(53(39,45)46)52-54(47,48)38-7-5-4-6-8-38)41(44)42-35-14-9-30(10-15-35)29-43(2)36-19-22-50-23-20-36/h4-18,26-27,36,40H,3,19-25,28-29H2,1-2H3,(H,42,44). The van der Waals surface area contributed by atoms with Crippen molar-refractivity contribution in [2.24, 2.45) is 0 Å². The summed E-state index contributed by atoms with van der Waals surface area (Å²) in [6.07, 6.45) is 3.88. The van der Waals surface area contributed by atoms with Crippen LogP contribution in [0, 0.1) is 0 Å². The van der Waals surface area contributed by atoms with Crippen molar-refractivity contribution in [2.45, 2.75) is 60.4 Å². The summed E-state index contributed by atoms with van der Waals surface area (Å²) in [7, 11) is -6.85. The molecule has 2 heterocycles. The van der Waals surface area contributed by atoms with Gasteiger partial charge in [0.2, 0.25) is 9.84 Å². The molecule has 4 aromatic rings. The zero-order chi connectivity index (χ0) is 38.1. The average Bonchev–Trinajstić information content (AvgIpc) is 3.29. The molecule has 286 valence electrons. The summed E-state index contributed by atoms with van der Waals surface area (Å²) in [5.41, 5.74) is 1.44. The Hall–Kier alpha value is -4.37. The van der Waals surface area contributed by atoms with Gasteiger partial charge in [-0.15, -0.1) is 0 Å². The molecule has 0 bridgehead atoms. The zero-order valence-corrected chi connectivity index (χ0v) is 32.1. The predicted octanol–water partition coefficient (Wildman–Crippen LogP) is 6.70. The van der Waals surface area contributed by atoms with Gasteiger partial charge >= 0.3 is 0 Å². The van der Waals surface area contributed by atoms with Crippen molar-refractivity contribution in [3.63, 3.8) is 0 Å². The van der Waals surface area contributed by atoms with Crippen molar-refractivity contribution in [1.82, 2.24) is 4.90 Å². The second-order valence-corrected chi connectivity index (χ2v) is 17.0. The average molecular weight is 775 g/mol. The summed E-state index contributed by atoms with van der Waals surface area (Å²) < 4.78 is 77.2. The molecule has 1 atom stereocenters. The van der Waals surface area contributed by atoms with Crippen LogP contribution in [0.3, 0.4) is 0 Å². The van der Waals surface area contributed by atoms with E-state index in [1.165, 1.54) is 36.4 Å². The minimum Gasteiger partial charge on any atom is -0.491 e. The number of carbonyl (C=O) groups is 1. The summed E-state index contributed by atoms with van der Waals surface area (Å²) in [6, 6.07) is 27.3. The lowest BCUT2D eigenvalue weighted by Crippen LogP contribution is -2.36. The van der Waals surface area contributed by atoms with Gasteiger partial charge in [0.15, 0.2) is 5.44 Å². The molecular weight excluding hydrogens is 729 g/mol. The van der Waals surface area contributed by atoms with E-state index in [0.717, 1.165) is 50.1 Å². The van der Waals surface area contributed by atoms with Gasteiger partial charge in [-0.05, 0) is 103 Å². The van der Waals surface area contributed by atoms with E-state index in [9.17, 15) is 21.6 Å². The maximum absolute atomic E-state index is 14.2. The van der Waals surface area contributed by atoms with Gasteiger partial charge in [0.05, 0.1) is 16.4 Å². The largest absolute Gasteiger partial charge is 0.491 e. The summed E-state index contributed by atoms with van der Waals surface area (Å²) >= 11 is 0. The first kappa shape index (κ1) is 39.3. The van der Waals surface area contributed by atoms with Gasteiger partial charge in [-0.1, -0.05) is 55.5 Å². The Labute approximate surface area is 317 Å². The van der Waals surface area contributed by atoms with Crippen molar-refractivity contribution in [3.8, 4) is 16.9 Å². The zero-order valence-electron chi connectivity index (χ0n) is 30.5. The number of nitrogens with zero attached hydrogens (tertiary/aromatic N) is 1. The number of hydrogen-bond donors (Lipinski definition) is 1. The molecule has 0 spiro atoms. The van der Waals surface area contributed by atoms with E-state index in [1.807, 2.05) is 43.3 Å². The van der Waals surface area contributed by atoms with Crippen LogP contribution in [0.1, 0.15) is 43.7 Å². The molecule has 13 heteroatoms. The summed E-state index contributed by atoms with van der Waals surface area (Å²) in [6.45, 7) is 5.85. The fourth-order valence-corrected chi connectivity index (χ4v) is 9.52. The van der Waals surface area contributed by atoms with Crippen LogP contribution >= 0.6 is 0 Å². The monoisotopic (exact) mass is 774 g/mol. The van der Waals surface area contributed by atoms with E-state index in [1.54, 1.807) is 30.3 Å². The molecule has 1 fully saturated rings. The van der Waals surface area contributed by atoms with Gasteiger partial charge in [-0.2, -0.15) is 8.42 Å². The number of sulfone groups is 1. The van der Waals surface area contributed by atoms with Gasteiger partial charge in [-0.3, -0.25) is 9.69 Å². The molecule has 1 N–H and O–H groups in total. The van der Waals surface area contributed by atoms with Gasteiger partial charge in [0, 0.05) is 50.1 Å². The van der Waals surface area contributed by atoms with Crippen molar-refractivity contribution in [2.75, 3.05) is 45.4 Å². The number of anilines is 1. The normalized spacial score (nSPS) is 17.3. The quantitative estimate of drug-likeness (QED) is 0.103. The number of carbonyl (C=O) groups excluding carboxylic acids is 1. The topological polar surface area (TPSA) is 138 Å². The molecule has 54 heavy (non-hydrogen) atoms. The molecular formula is C41H46N2O9S2. The minimum absolute atomic E-state index is 0.0418. The number of fused-ring (bicyclic) bond motifs is 1. The number of hydrogen-bond acceptors (Lipinski definition) is 10. The van der Waals surface area contributed by atoms with Crippen LogP contribution in [0.2, 0.25) is 0 Å². The Kier molecular flexibility index (Phi) is 13.0. The first-order chi connectivity index (χ1) is 26.0. The Morgan fingerprint density at radius 2 is 1.59 bits per heavy atom. The van der Waals surface area contributed by atoms with E-state index in [-0.39, 0.29) is 20.9 Å². The minimum atomic E-state index is -4.52. The number of amides is 1. The Balaban J connectivity index is 1.26. The SMILES string of the molecule is CCCOCCOc1ccc(-c2ccc3c(c2)C=C(C(=O)Nc2ccc(CN(C)C4CCOCC4)cc2)CC(OS(=O)(=O)c2ccccc2)S3(=O)=O)cc1. The van der Waals surface area contributed by atoms with E-state index < -0.39 is 37.7 Å². The molecule has 1 unspecified atom stereocenters. The molecule has 0 aromatic heterocycles. The fraction of sp³-hybridized carbons (Fsp3) is 0.341. The summed E-state index contributed by atoms with van der Waals surface area (Å²) in [4.78, 5) is 15.9. The molecule has 6 rings (SSSR count). The van der Waals surface area contributed by atoms with E-state index in [4.69, 9.17) is 18.4 Å². The molecule has 11 nitrogen and oxygen atoms in total. The van der Waals surface area contributed by atoms with Crippen LogP contribution < -0.4 is 10.1 Å². The van der Waals surface area contributed by atoms with Crippen molar-refractivity contribution in [3.05, 3.63) is 114 Å². The predicted molar refractivity (Wildman–Crippen MR) is 207 cm³/mol. The van der Waals surface area contributed by atoms with E-state index in [0.29, 0.717) is 42.9 Å². The highest BCUT2D eigenvalue weighted by molar-refractivity contribution is 7.93. The Bertz CT molecular complexity index is 2130. The van der Waals surface area contributed by atoms with Gasteiger partial charge in [0.25, 0.3) is 16.0 Å². The smallest absolute Gasteiger partial charge is 0.298 e. The second-order valence-electron chi connectivity index (χ2n) is 13.4. The van der Waals surface area contributed by atoms with Crippen molar-refractivity contribution in [1.29, 1.82) is 0 Å². The third kappa shape index (κ3) is 9.83. The summed E-state index contributed by atoms with van der Waals surface area (Å²) in [5, 5.41) is 2.88. The van der Waals surface area contributed by atoms with Crippen LogP contribution in [0.15, 0.2) is 112 Å². The lowest BCUT2D eigenvalue weighted by molar-refractivity contribution is -0.113. The number of nitrogens with one attached hydrogen (secondary N) is 1. The van der Waals surface area contributed by atoms with Gasteiger partial charge < -0.3 is 19.5 Å². The number of rotatable bonds is 15. The van der Waals surface area contributed by atoms with Crippen LogP contribution in [0.4, 0.5) is 5.69 Å². The Morgan fingerprint density at radius 1 is 0.889 bits per heavy atom. The summed E-state index contributed by atoms with van der Waals surface area (Å²) in [5.74, 6) is 0.0830. The highest BCUT2D eigenvalue weighted by Gasteiger charge is 2.39. The van der Waals surface area contributed by atoms with Gasteiger partial charge in [0.1, 0.15) is 12.4 Å². The fourth-order valence-electron chi connectivity index (χ4n) is 6.46. The number of benzene rings is 4. The van der Waals surface area contributed by atoms with Crippen LogP contribution in [-0.2, 0) is 45.0 Å². The lowest BCUT2D eigenvalue weighted by Gasteiger charge is -2.31. The maximum Gasteiger partial charge on any atom is 0.298 e. The molecule has 1 amide bonds. The van der Waals surface area contributed by atoms with Gasteiger partial charge in [-0.25, -0.2) is 12.6 Å². The molecule has 0 radical (unpaired) electrons. The first-order valence-electron chi connectivity index (χ1n) is 18.1. The molecule has 1 saturated heterocycles. The van der Waals surface area contributed by atoms with Crippen LogP contribution in [-0.4, -0.2) is 79.2 Å². The third-order valence-electron chi connectivity index (χ3n) is 9.43. The lowest BCUT2D eigenvalue weighted by atomic mass is 10.0.